The highest BCUT2D eigenvalue weighted by atomic mass is 16.5. The minimum atomic E-state index is -0.830. The van der Waals surface area contributed by atoms with Crippen LogP contribution < -0.4 is 10.1 Å². The van der Waals surface area contributed by atoms with Crippen LogP contribution in [0.15, 0.2) is 30.5 Å². The predicted molar refractivity (Wildman–Crippen MR) is 129 cm³/mol. The van der Waals surface area contributed by atoms with E-state index in [1.54, 1.807) is 19.4 Å². The van der Waals surface area contributed by atoms with Crippen LogP contribution >= 0.6 is 0 Å². The highest BCUT2D eigenvalue weighted by molar-refractivity contribution is 5.80. The first-order valence-corrected chi connectivity index (χ1v) is 12.3. The Morgan fingerprint density at radius 1 is 1.32 bits per heavy atom. The van der Waals surface area contributed by atoms with Crippen molar-refractivity contribution in [3.05, 3.63) is 47.3 Å². The zero-order chi connectivity index (χ0) is 23.9. The fraction of sp³-hybridized carbons (Fsp3) is 0.538. The van der Waals surface area contributed by atoms with E-state index in [2.05, 4.69) is 22.4 Å². The van der Waals surface area contributed by atoms with Gasteiger partial charge >= 0.3 is 5.97 Å². The van der Waals surface area contributed by atoms with E-state index in [4.69, 9.17) is 9.72 Å². The molecule has 2 aliphatic rings. The Hall–Kier alpha value is -3.16. The van der Waals surface area contributed by atoms with E-state index >= 15 is 0 Å². The summed E-state index contributed by atoms with van der Waals surface area (Å²) in [6, 6.07) is 7.89. The van der Waals surface area contributed by atoms with Crippen LogP contribution in [-0.2, 0) is 22.4 Å². The lowest BCUT2D eigenvalue weighted by atomic mass is 9.92. The molecule has 4 rings (SSSR count). The van der Waals surface area contributed by atoms with Gasteiger partial charge in [-0.1, -0.05) is 12.1 Å². The quantitative estimate of drug-likeness (QED) is 0.521. The van der Waals surface area contributed by atoms with E-state index in [1.165, 1.54) is 5.56 Å². The number of carbonyl (C=O) groups excluding carboxylic acids is 1. The first-order chi connectivity index (χ1) is 16.5. The summed E-state index contributed by atoms with van der Waals surface area (Å²) in [6.45, 7) is 2.41. The number of hydrogen-bond donors (Lipinski definition) is 2. The molecule has 0 saturated carbocycles. The number of carboxylic acids is 1. The van der Waals surface area contributed by atoms with Gasteiger partial charge in [0.05, 0.1) is 13.5 Å². The molecule has 2 aromatic rings. The molecule has 2 aromatic heterocycles. The first-order valence-electron chi connectivity index (χ1n) is 12.3. The number of rotatable bonds is 11. The van der Waals surface area contributed by atoms with Crippen molar-refractivity contribution in [2.45, 2.75) is 57.3 Å². The number of ether oxygens (including phenoxy) is 1. The van der Waals surface area contributed by atoms with Crippen LogP contribution in [0.2, 0.25) is 0 Å². The molecule has 0 bridgehead atoms. The Kier molecular flexibility index (Phi) is 7.98. The second-order valence-corrected chi connectivity index (χ2v) is 9.26. The largest absolute Gasteiger partial charge is 0.481 e. The monoisotopic (exact) mass is 466 g/mol. The Balaban J connectivity index is 1.25. The maximum atomic E-state index is 12.9. The van der Waals surface area contributed by atoms with E-state index in [0.29, 0.717) is 18.8 Å². The number of aryl methyl sites for hydroxylation is 2. The average Bonchev–Trinajstić information content (AvgIpc) is 3.21. The number of amides is 1. The average molecular weight is 467 g/mol. The minimum absolute atomic E-state index is 0.0476. The van der Waals surface area contributed by atoms with Crippen molar-refractivity contribution in [3.63, 3.8) is 0 Å². The molecule has 0 spiro atoms. The van der Waals surface area contributed by atoms with E-state index in [-0.39, 0.29) is 24.2 Å². The SMILES string of the molecule is COc1ccc(C(CCCN2CC[C@H](CCc3ccc4c(n3)NCCC4)C2=O)CC(=O)O)cn1. The molecular formula is C26H34N4O4. The van der Waals surface area contributed by atoms with Gasteiger partial charge in [-0.25, -0.2) is 9.97 Å². The number of methoxy groups -OCH3 is 1. The van der Waals surface area contributed by atoms with E-state index in [9.17, 15) is 14.7 Å². The summed E-state index contributed by atoms with van der Waals surface area (Å²) < 4.78 is 5.09. The minimum Gasteiger partial charge on any atom is -0.481 e. The van der Waals surface area contributed by atoms with Gasteiger partial charge in [-0.3, -0.25) is 9.59 Å². The summed E-state index contributed by atoms with van der Waals surface area (Å²) in [4.78, 5) is 35.2. The molecule has 0 aromatic carbocycles. The molecule has 0 radical (unpaired) electrons. The fourth-order valence-electron chi connectivity index (χ4n) is 5.00. The van der Waals surface area contributed by atoms with Crippen LogP contribution in [0.4, 0.5) is 5.82 Å². The van der Waals surface area contributed by atoms with Crippen molar-refractivity contribution in [3.8, 4) is 5.88 Å². The van der Waals surface area contributed by atoms with Gasteiger partial charge in [0.2, 0.25) is 11.8 Å². The molecule has 182 valence electrons. The highest BCUT2D eigenvalue weighted by Crippen LogP contribution is 2.28. The molecule has 8 heteroatoms. The summed E-state index contributed by atoms with van der Waals surface area (Å²) in [7, 11) is 1.55. The standard InChI is InChI=1S/C26H34N4O4/c1-34-23-11-8-21(17-28-23)20(16-24(31)32)5-3-14-30-15-12-19(26(30)33)7-10-22-9-6-18-4-2-13-27-25(18)29-22/h6,8-9,11,17,19-20H,2-5,7,10,12-16H2,1H3,(H,27,29)(H,31,32)/t19-,20?/m0/s1. The van der Waals surface area contributed by atoms with E-state index in [0.717, 1.165) is 68.7 Å². The van der Waals surface area contributed by atoms with Crippen LogP contribution in [0.1, 0.15) is 61.3 Å². The molecule has 4 heterocycles. The molecular weight excluding hydrogens is 432 g/mol. The molecule has 0 aliphatic carbocycles. The molecule has 2 atom stereocenters. The number of carboxylic acid groups (broad SMARTS) is 1. The van der Waals surface area contributed by atoms with E-state index < -0.39 is 5.97 Å². The smallest absolute Gasteiger partial charge is 0.303 e. The maximum Gasteiger partial charge on any atom is 0.303 e. The molecule has 34 heavy (non-hydrogen) atoms. The van der Waals surface area contributed by atoms with Crippen LogP contribution in [0.3, 0.4) is 0 Å². The Bertz CT molecular complexity index is 995. The van der Waals surface area contributed by atoms with Crippen LogP contribution in [0, 0.1) is 5.92 Å². The van der Waals surface area contributed by atoms with Gasteiger partial charge in [0, 0.05) is 43.5 Å². The molecule has 1 amide bonds. The van der Waals surface area contributed by atoms with Crippen molar-refractivity contribution >= 4 is 17.7 Å². The fourth-order valence-corrected chi connectivity index (χ4v) is 5.00. The Morgan fingerprint density at radius 3 is 2.97 bits per heavy atom. The number of nitrogens with one attached hydrogen (secondary N) is 1. The van der Waals surface area contributed by atoms with Crippen LogP contribution in [0.5, 0.6) is 5.88 Å². The number of carbonyl (C=O) groups is 2. The first kappa shape index (κ1) is 24.0. The lowest BCUT2D eigenvalue weighted by Crippen LogP contribution is -2.29. The molecule has 1 fully saturated rings. The molecule has 1 unspecified atom stereocenters. The number of hydrogen-bond acceptors (Lipinski definition) is 6. The lowest BCUT2D eigenvalue weighted by Gasteiger charge is -2.20. The second kappa shape index (κ2) is 11.3. The third-order valence-electron chi connectivity index (χ3n) is 6.95. The number of aromatic nitrogens is 2. The van der Waals surface area contributed by atoms with Crippen molar-refractivity contribution < 1.29 is 19.4 Å². The van der Waals surface area contributed by atoms with Gasteiger partial charge in [-0.2, -0.15) is 0 Å². The van der Waals surface area contributed by atoms with Crippen LogP contribution in [-0.4, -0.2) is 58.6 Å². The van der Waals surface area contributed by atoms with Gasteiger partial charge in [-0.05, 0) is 68.1 Å². The molecule has 1 saturated heterocycles. The zero-order valence-corrected chi connectivity index (χ0v) is 19.8. The Labute approximate surface area is 200 Å². The number of fused-ring (bicyclic) bond motifs is 1. The summed E-state index contributed by atoms with van der Waals surface area (Å²) >= 11 is 0. The topological polar surface area (TPSA) is 105 Å². The summed E-state index contributed by atoms with van der Waals surface area (Å²) in [5, 5.41) is 12.7. The van der Waals surface area contributed by atoms with Gasteiger partial charge in [0.25, 0.3) is 0 Å². The third kappa shape index (κ3) is 6.04. The maximum absolute atomic E-state index is 12.9. The number of nitrogens with zero attached hydrogens (tertiary/aromatic N) is 3. The van der Waals surface area contributed by atoms with Crippen molar-refractivity contribution in [1.29, 1.82) is 0 Å². The van der Waals surface area contributed by atoms with Crippen LogP contribution in [0.25, 0.3) is 0 Å². The van der Waals surface area contributed by atoms with E-state index in [1.807, 2.05) is 11.0 Å². The number of anilines is 1. The van der Waals surface area contributed by atoms with Gasteiger partial charge in [0.1, 0.15) is 5.82 Å². The summed E-state index contributed by atoms with van der Waals surface area (Å²) in [5.41, 5.74) is 3.22. The second-order valence-electron chi connectivity index (χ2n) is 9.26. The lowest BCUT2D eigenvalue weighted by molar-refractivity contribution is -0.137. The zero-order valence-electron chi connectivity index (χ0n) is 19.8. The predicted octanol–water partition coefficient (Wildman–Crippen LogP) is 3.66. The van der Waals surface area contributed by atoms with Crippen molar-refractivity contribution in [1.82, 2.24) is 14.9 Å². The van der Waals surface area contributed by atoms with Gasteiger partial charge in [-0.15, -0.1) is 0 Å². The summed E-state index contributed by atoms with van der Waals surface area (Å²) in [6.07, 6.45) is 7.93. The number of likely N-dealkylation sites (tertiary alicyclic amines) is 1. The highest BCUT2D eigenvalue weighted by Gasteiger charge is 2.31. The van der Waals surface area contributed by atoms with Gasteiger partial charge < -0.3 is 20.1 Å². The number of aliphatic carboxylic acids is 1. The van der Waals surface area contributed by atoms with Gasteiger partial charge in [0.15, 0.2) is 0 Å². The normalized spacial score (nSPS) is 18.3. The Morgan fingerprint density at radius 2 is 2.21 bits per heavy atom. The summed E-state index contributed by atoms with van der Waals surface area (Å²) in [5.74, 6) is 0.820. The van der Waals surface area contributed by atoms with Crippen molar-refractivity contribution in [2.75, 3.05) is 32.1 Å². The third-order valence-corrected chi connectivity index (χ3v) is 6.95. The molecule has 8 nitrogen and oxygen atoms in total. The molecule has 2 N–H and O–H groups in total. The van der Waals surface area contributed by atoms with Crippen molar-refractivity contribution in [2.24, 2.45) is 5.92 Å². The number of pyridine rings is 2. The molecule has 2 aliphatic heterocycles.